The van der Waals surface area contributed by atoms with E-state index in [0.717, 1.165) is 0 Å². The van der Waals surface area contributed by atoms with Crippen molar-refractivity contribution in [2.75, 3.05) is 5.32 Å². The average Bonchev–Trinajstić information content (AvgIpc) is 2.28. The molecule has 0 spiro atoms. The molecule has 112 valence electrons. The number of alkyl halides is 3. The molecule has 2 N–H and O–H groups in total. The van der Waals surface area contributed by atoms with Gasteiger partial charge >= 0.3 is 0 Å². The van der Waals surface area contributed by atoms with Gasteiger partial charge in [-0.2, -0.15) is 0 Å². The summed E-state index contributed by atoms with van der Waals surface area (Å²) >= 11 is 23.5. The number of carbonyl (C=O) groups is 1. The van der Waals surface area contributed by atoms with Crippen molar-refractivity contribution < 1.29 is 4.79 Å². The van der Waals surface area contributed by atoms with Gasteiger partial charge in [-0.15, -0.1) is 0 Å². The summed E-state index contributed by atoms with van der Waals surface area (Å²) in [5.41, 5.74) is 0.0930. The molecule has 1 atom stereocenters. The molecule has 0 aliphatic heterocycles. The van der Waals surface area contributed by atoms with Crippen LogP contribution in [0.15, 0.2) is 24.3 Å². The van der Waals surface area contributed by atoms with Crippen molar-refractivity contribution in [2.24, 2.45) is 5.41 Å². The van der Waals surface area contributed by atoms with Crippen LogP contribution < -0.4 is 10.6 Å². The maximum absolute atomic E-state index is 12.0. The van der Waals surface area contributed by atoms with E-state index in [1.54, 1.807) is 45.0 Å². The molecule has 0 saturated carbocycles. The van der Waals surface area contributed by atoms with E-state index < -0.39 is 15.4 Å². The van der Waals surface area contributed by atoms with E-state index >= 15 is 0 Å². The summed E-state index contributed by atoms with van der Waals surface area (Å²) in [7, 11) is 0. The summed E-state index contributed by atoms with van der Waals surface area (Å²) < 4.78 is -1.69. The van der Waals surface area contributed by atoms with E-state index in [0.29, 0.717) is 10.7 Å². The summed E-state index contributed by atoms with van der Waals surface area (Å²) in [6, 6.07) is 6.86. The zero-order chi connectivity index (χ0) is 15.6. The van der Waals surface area contributed by atoms with Crippen LogP contribution in [0.2, 0.25) is 5.02 Å². The molecule has 0 saturated heterocycles. The summed E-state index contributed by atoms with van der Waals surface area (Å²) in [6.45, 7) is 5.33. The molecule has 0 aliphatic rings. The number of hydrogen-bond acceptors (Lipinski definition) is 2. The van der Waals surface area contributed by atoms with E-state index in [4.69, 9.17) is 46.4 Å². The Hall–Kier alpha value is -0.350. The number of hydrogen-bond donors (Lipinski definition) is 2. The van der Waals surface area contributed by atoms with E-state index in [9.17, 15) is 4.79 Å². The molecule has 7 heteroatoms. The number of amides is 1. The molecule has 0 bridgehead atoms. The third kappa shape index (κ3) is 5.57. The van der Waals surface area contributed by atoms with Gasteiger partial charge < -0.3 is 10.6 Å². The first kappa shape index (κ1) is 17.7. The van der Waals surface area contributed by atoms with Crippen LogP contribution in [0, 0.1) is 5.41 Å². The molecule has 1 aromatic carbocycles. The van der Waals surface area contributed by atoms with Gasteiger partial charge in [0.2, 0.25) is 9.70 Å². The lowest BCUT2D eigenvalue weighted by atomic mass is 9.95. The maximum Gasteiger partial charge on any atom is 0.228 e. The molecule has 1 amide bonds. The molecular weight excluding hydrogens is 342 g/mol. The first-order chi connectivity index (χ1) is 9.00. The summed E-state index contributed by atoms with van der Waals surface area (Å²) in [4.78, 5) is 12.0. The fraction of sp³-hybridized carbons (Fsp3) is 0.462. The van der Waals surface area contributed by atoms with Crippen LogP contribution >= 0.6 is 46.4 Å². The first-order valence-corrected chi connectivity index (χ1v) is 7.41. The Balaban J connectivity index is 2.86. The molecule has 1 aromatic rings. The number of benzene rings is 1. The van der Waals surface area contributed by atoms with Gasteiger partial charge in [-0.05, 0) is 24.3 Å². The number of carbonyl (C=O) groups excluding carboxylic acids is 1. The topological polar surface area (TPSA) is 41.1 Å². The van der Waals surface area contributed by atoms with Crippen LogP contribution in [0.1, 0.15) is 20.8 Å². The van der Waals surface area contributed by atoms with Gasteiger partial charge in [0.05, 0.1) is 0 Å². The van der Waals surface area contributed by atoms with Gasteiger partial charge in [-0.25, -0.2) is 0 Å². The standard InChI is InChI=1S/C13H16Cl4N2O/c1-12(2,3)11(20)19-10(13(15,16)17)18-9-6-4-8(14)5-7-9/h4-7,10,18H,1-3H3,(H,19,20). The van der Waals surface area contributed by atoms with Gasteiger partial charge in [-0.1, -0.05) is 67.2 Å². The number of anilines is 1. The Morgan fingerprint density at radius 1 is 1.10 bits per heavy atom. The zero-order valence-corrected chi connectivity index (χ0v) is 14.3. The van der Waals surface area contributed by atoms with E-state index in [1.807, 2.05) is 0 Å². The maximum atomic E-state index is 12.0. The van der Waals surface area contributed by atoms with Crippen molar-refractivity contribution >= 4 is 58.0 Å². The Kier molecular flexibility index (Phi) is 5.85. The summed E-state index contributed by atoms with van der Waals surface area (Å²) in [6.07, 6.45) is -0.861. The van der Waals surface area contributed by atoms with Gasteiger partial charge in [-0.3, -0.25) is 4.79 Å². The lowest BCUT2D eigenvalue weighted by molar-refractivity contribution is -0.129. The van der Waals surface area contributed by atoms with Crippen LogP contribution in [-0.4, -0.2) is 15.9 Å². The predicted octanol–water partition coefficient (Wildman–Crippen LogP) is 4.61. The summed E-state index contributed by atoms with van der Waals surface area (Å²) in [5, 5.41) is 6.24. The molecule has 0 aliphatic carbocycles. The monoisotopic (exact) mass is 356 g/mol. The fourth-order valence-electron chi connectivity index (χ4n) is 1.26. The van der Waals surface area contributed by atoms with Crippen molar-refractivity contribution in [3.8, 4) is 0 Å². The Morgan fingerprint density at radius 3 is 2.00 bits per heavy atom. The highest BCUT2D eigenvalue weighted by molar-refractivity contribution is 6.68. The fourth-order valence-corrected chi connectivity index (χ4v) is 1.71. The SMILES string of the molecule is CC(C)(C)C(=O)NC(Nc1ccc(Cl)cc1)C(Cl)(Cl)Cl. The van der Waals surface area contributed by atoms with Crippen molar-refractivity contribution in [3.05, 3.63) is 29.3 Å². The second kappa shape index (κ2) is 6.61. The van der Waals surface area contributed by atoms with Crippen LogP contribution in [-0.2, 0) is 4.79 Å². The van der Waals surface area contributed by atoms with Crippen molar-refractivity contribution in [3.63, 3.8) is 0 Å². The first-order valence-electron chi connectivity index (χ1n) is 5.90. The minimum Gasteiger partial charge on any atom is -0.362 e. The molecule has 0 aromatic heterocycles. The quantitative estimate of drug-likeness (QED) is 0.612. The Bertz CT molecular complexity index is 463. The lowest BCUT2D eigenvalue weighted by Crippen LogP contribution is -2.52. The highest BCUT2D eigenvalue weighted by Crippen LogP contribution is 2.32. The van der Waals surface area contributed by atoms with Gasteiger partial charge in [0.25, 0.3) is 0 Å². The van der Waals surface area contributed by atoms with Gasteiger partial charge in [0, 0.05) is 16.1 Å². The van der Waals surface area contributed by atoms with Gasteiger partial charge in [0.15, 0.2) is 0 Å². The van der Waals surface area contributed by atoms with Crippen LogP contribution in [0.5, 0.6) is 0 Å². The molecule has 0 fully saturated rings. The predicted molar refractivity (Wildman–Crippen MR) is 86.8 cm³/mol. The van der Waals surface area contributed by atoms with Crippen LogP contribution in [0.3, 0.4) is 0 Å². The highest BCUT2D eigenvalue weighted by atomic mass is 35.6. The Labute approximate surface area is 138 Å². The minimum atomic E-state index is -1.69. The smallest absolute Gasteiger partial charge is 0.228 e. The zero-order valence-electron chi connectivity index (χ0n) is 11.3. The molecule has 3 nitrogen and oxygen atoms in total. The number of halogens is 4. The third-order valence-corrected chi connectivity index (χ3v) is 3.35. The summed E-state index contributed by atoms with van der Waals surface area (Å²) in [5.74, 6) is -0.227. The molecule has 20 heavy (non-hydrogen) atoms. The molecular formula is C13H16Cl4N2O. The van der Waals surface area contributed by atoms with E-state index in [-0.39, 0.29) is 5.91 Å². The van der Waals surface area contributed by atoms with Crippen molar-refractivity contribution in [1.29, 1.82) is 0 Å². The normalized spacial score (nSPS) is 13.8. The average molecular weight is 358 g/mol. The largest absolute Gasteiger partial charge is 0.362 e. The number of nitrogens with one attached hydrogen (secondary N) is 2. The van der Waals surface area contributed by atoms with E-state index in [2.05, 4.69) is 10.6 Å². The molecule has 1 unspecified atom stereocenters. The minimum absolute atomic E-state index is 0.227. The molecule has 1 rings (SSSR count). The van der Waals surface area contributed by atoms with Gasteiger partial charge in [0.1, 0.15) is 6.17 Å². The van der Waals surface area contributed by atoms with Crippen molar-refractivity contribution in [2.45, 2.75) is 30.7 Å². The van der Waals surface area contributed by atoms with Crippen LogP contribution in [0.4, 0.5) is 5.69 Å². The van der Waals surface area contributed by atoms with Crippen molar-refractivity contribution in [1.82, 2.24) is 5.32 Å². The second-order valence-corrected chi connectivity index (χ2v) is 8.15. The number of rotatable bonds is 3. The second-order valence-electron chi connectivity index (χ2n) is 5.35. The third-order valence-electron chi connectivity index (χ3n) is 2.44. The molecule has 0 radical (unpaired) electrons. The molecule has 0 heterocycles. The van der Waals surface area contributed by atoms with E-state index in [1.165, 1.54) is 0 Å². The highest BCUT2D eigenvalue weighted by Gasteiger charge is 2.36. The van der Waals surface area contributed by atoms with Crippen LogP contribution in [0.25, 0.3) is 0 Å². The lowest BCUT2D eigenvalue weighted by Gasteiger charge is -2.30. The Morgan fingerprint density at radius 2 is 1.60 bits per heavy atom.